The molecule has 0 aromatic carbocycles. The van der Waals surface area contributed by atoms with E-state index in [-0.39, 0.29) is 0 Å². The first-order valence-electron chi connectivity index (χ1n) is 11.8. The van der Waals surface area contributed by atoms with E-state index < -0.39 is 0 Å². The summed E-state index contributed by atoms with van der Waals surface area (Å²) in [6.45, 7) is 21.9. The Hall–Kier alpha value is -0.120. The smallest absolute Gasteiger partial charge is 0.00385 e. The van der Waals surface area contributed by atoms with Gasteiger partial charge in [0.15, 0.2) is 0 Å². The van der Waals surface area contributed by atoms with Gasteiger partial charge in [-0.1, -0.05) is 20.8 Å². The van der Waals surface area contributed by atoms with Crippen LogP contribution in [0, 0.1) is 17.8 Å². The van der Waals surface area contributed by atoms with Gasteiger partial charge < -0.3 is 14.7 Å². The second-order valence-electron chi connectivity index (χ2n) is 9.30. The number of nitrogens with zero attached hydrogens (tertiary/aromatic N) is 3. The zero-order valence-electron chi connectivity index (χ0n) is 18.6. The highest BCUT2D eigenvalue weighted by Crippen LogP contribution is 2.25. The molecule has 26 heavy (non-hydrogen) atoms. The third kappa shape index (κ3) is 7.13. The minimum atomic E-state index is 0.736. The van der Waals surface area contributed by atoms with E-state index in [0.717, 1.165) is 23.8 Å². The molecule has 3 heteroatoms. The van der Waals surface area contributed by atoms with Gasteiger partial charge >= 0.3 is 0 Å². The van der Waals surface area contributed by atoms with E-state index in [1.807, 2.05) is 13.8 Å². The highest BCUT2D eigenvalue weighted by Gasteiger charge is 2.26. The minimum Gasteiger partial charge on any atom is -0.303 e. The van der Waals surface area contributed by atoms with E-state index in [0.29, 0.717) is 0 Å². The van der Waals surface area contributed by atoms with E-state index in [9.17, 15) is 0 Å². The van der Waals surface area contributed by atoms with Crippen molar-refractivity contribution in [1.82, 2.24) is 14.7 Å². The van der Waals surface area contributed by atoms with Crippen molar-refractivity contribution in [3.63, 3.8) is 0 Å². The quantitative estimate of drug-likeness (QED) is 0.706. The monoisotopic (exact) mass is 365 g/mol. The van der Waals surface area contributed by atoms with Crippen molar-refractivity contribution >= 4 is 0 Å². The Balaban J connectivity index is 0.00000117. The molecule has 0 radical (unpaired) electrons. The molecule has 3 nitrogen and oxygen atoms in total. The SMILES string of the molecule is CC.CC1CCN(CC2CCN(CC3CCN(C(C)C)CC3)CC2)CC1. The van der Waals surface area contributed by atoms with E-state index >= 15 is 0 Å². The standard InChI is InChI=1S/C21H41N3.C2H6/c1-18(2)24-14-8-21(9-15-24)17-23-12-6-20(7-13-23)16-22-10-4-19(3)5-11-22;1-2/h18-21H,4-17H2,1-3H3;1-2H3. The molecule has 0 aromatic heterocycles. The first kappa shape index (κ1) is 22.2. The van der Waals surface area contributed by atoms with Crippen LogP contribution in [-0.2, 0) is 0 Å². The van der Waals surface area contributed by atoms with Gasteiger partial charge in [-0.2, -0.15) is 0 Å². The number of hydrogen-bond acceptors (Lipinski definition) is 3. The fourth-order valence-corrected chi connectivity index (χ4v) is 4.98. The molecule has 0 aromatic rings. The number of hydrogen-bond donors (Lipinski definition) is 0. The molecule has 0 saturated carbocycles. The zero-order valence-corrected chi connectivity index (χ0v) is 18.6. The average molecular weight is 366 g/mol. The number of piperidine rings is 3. The summed E-state index contributed by atoms with van der Waals surface area (Å²) in [6.07, 6.45) is 8.57. The Morgan fingerprint density at radius 1 is 0.654 bits per heavy atom. The number of likely N-dealkylation sites (tertiary alicyclic amines) is 3. The molecule has 0 atom stereocenters. The lowest BCUT2D eigenvalue weighted by molar-refractivity contribution is 0.0893. The molecular formula is C23H47N3. The maximum absolute atomic E-state index is 2.78. The van der Waals surface area contributed by atoms with Crippen LogP contribution in [0.3, 0.4) is 0 Å². The second kappa shape index (κ2) is 11.7. The van der Waals surface area contributed by atoms with Crippen molar-refractivity contribution in [2.45, 2.75) is 79.2 Å². The molecule has 3 aliphatic rings. The Morgan fingerprint density at radius 3 is 1.46 bits per heavy atom. The van der Waals surface area contributed by atoms with Gasteiger partial charge in [0.05, 0.1) is 0 Å². The van der Waals surface area contributed by atoms with E-state index in [2.05, 4.69) is 35.5 Å². The van der Waals surface area contributed by atoms with Crippen molar-refractivity contribution in [1.29, 1.82) is 0 Å². The van der Waals surface area contributed by atoms with E-state index in [1.165, 1.54) is 90.9 Å². The normalized spacial score (nSPS) is 26.1. The maximum Gasteiger partial charge on any atom is 0.00385 e. The summed E-state index contributed by atoms with van der Waals surface area (Å²) in [5.41, 5.74) is 0. The third-order valence-electron chi connectivity index (χ3n) is 7.00. The summed E-state index contributed by atoms with van der Waals surface area (Å²) in [4.78, 5) is 8.19. The van der Waals surface area contributed by atoms with Crippen LogP contribution >= 0.6 is 0 Å². The summed E-state index contributed by atoms with van der Waals surface area (Å²) in [5, 5.41) is 0. The Bertz CT molecular complexity index is 346. The van der Waals surface area contributed by atoms with Crippen LogP contribution in [0.5, 0.6) is 0 Å². The van der Waals surface area contributed by atoms with Crippen molar-refractivity contribution < 1.29 is 0 Å². The molecule has 0 amide bonds. The predicted molar refractivity (Wildman–Crippen MR) is 115 cm³/mol. The van der Waals surface area contributed by atoms with Gasteiger partial charge in [0.1, 0.15) is 0 Å². The van der Waals surface area contributed by atoms with Crippen LogP contribution in [-0.4, -0.2) is 73.1 Å². The molecule has 3 heterocycles. The van der Waals surface area contributed by atoms with Gasteiger partial charge in [0.25, 0.3) is 0 Å². The molecule has 3 aliphatic heterocycles. The van der Waals surface area contributed by atoms with Gasteiger partial charge in [-0.25, -0.2) is 0 Å². The van der Waals surface area contributed by atoms with Gasteiger partial charge in [0.2, 0.25) is 0 Å². The molecule has 0 unspecified atom stereocenters. The Labute approximate surface area is 164 Å². The second-order valence-corrected chi connectivity index (χ2v) is 9.30. The predicted octanol–water partition coefficient (Wildman–Crippen LogP) is 4.58. The molecule has 3 saturated heterocycles. The van der Waals surface area contributed by atoms with Crippen molar-refractivity contribution in [2.75, 3.05) is 52.4 Å². The minimum absolute atomic E-state index is 0.736. The summed E-state index contributed by atoms with van der Waals surface area (Å²) in [5.74, 6) is 2.89. The molecule has 0 bridgehead atoms. The van der Waals surface area contributed by atoms with Crippen LogP contribution in [0.15, 0.2) is 0 Å². The number of rotatable bonds is 5. The maximum atomic E-state index is 2.78. The van der Waals surface area contributed by atoms with Gasteiger partial charge in [-0.15, -0.1) is 0 Å². The summed E-state index contributed by atoms with van der Waals surface area (Å²) >= 11 is 0. The highest BCUT2D eigenvalue weighted by atomic mass is 15.2. The van der Waals surface area contributed by atoms with Crippen LogP contribution in [0.4, 0.5) is 0 Å². The Kier molecular flexibility index (Phi) is 9.94. The fraction of sp³-hybridized carbons (Fsp3) is 1.00. The van der Waals surface area contributed by atoms with E-state index in [4.69, 9.17) is 0 Å². The topological polar surface area (TPSA) is 9.72 Å². The van der Waals surface area contributed by atoms with Gasteiger partial charge in [-0.3, -0.25) is 0 Å². The fourth-order valence-electron chi connectivity index (χ4n) is 4.98. The van der Waals surface area contributed by atoms with Crippen LogP contribution in [0.25, 0.3) is 0 Å². The molecule has 0 aliphatic carbocycles. The lowest BCUT2D eigenvalue weighted by atomic mass is 9.91. The molecule has 3 fully saturated rings. The zero-order chi connectivity index (χ0) is 18.9. The Morgan fingerprint density at radius 2 is 1.04 bits per heavy atom. The average Bonchev–Trinajstić information content (AvgIpc) is 2.67. The first-order chi connectivity index (χ1) is 12.6. The summed E-state index contributed by atoms with van der Waals surface area (Å²) in [6, 6.07) is 0.736. The molecular weight excluding hydrogens is 318 g/mol. The molecule has 154 valence electrons. The third-order valence-corrected chi connectivity index (χ3v) is 7.00. The lowest BCUT2D eigenvalue weighted by Crippen LogP contribution is -2.45. The van der Waals surface area contributed by atoms with E-state index in [1.54, 1.807) is 0 Å². The van der Waals surface area contributed by atoms with Gasteiger partial charge in [0, 0.05) is 19.1 Å². The molecule has 0 N–H and O–H groups in total. The lowest BCUT2D eigenvalue weighted by Gasteiger charge is -2.40. The summed E-state index contributed by atoms with van der Waals surface area (Å²) < 4.78 is 0. The first-order valence-corrected chi connectivity index (χ1v) is 11.8. The van der Waals surface area contributed by atoms with Crippen LogP contribution in [0.1, 0.15) is 73.1 Å². The van der Waals surface area contributed by atoms with Crippen molar-refractivity contribution in [3.8, 4) is 0 Å². The largest absolute Gasteiger partial charge is 0.303 e. The molecule has 0 spiro atoms. The van der Waals surface area contributed by atoms with Crippen LogP contribution in [0.2, 0.25) is 0 Å². The van der Waals surface area contributed by atoms with Crippen molar-refractivity contribution in [2.24, 2.45) is 17.8 Å². The highest BCUT2D eigenvalue weighted by molar-refractivity contribution is 4.81. The van der Waals surface area contributed by atoms with Gasteiger partial charge in [-0.05, 0) is 109 Å². The van der Waals surface area contributed by atoms with Crippen molar-refractivity contribution in [3.05, 3.63) is 0 Å². The molecule has 3 rings (SSSR count). The summed E-state index contributed by atoms with van der Waals surface area (Å²) in [7, 11) is 0. The van der Waals surface area contributed by atoms with Crippen LogP contribution < -0.4 is 0 Å².